The van der Waals surface area contributed by atoms with E-state index >= 15 is 0 Å². The lowest BCUT2D eigenvalue weighted by Gasteiger charge is -2.03. The number of nitrogens with one attached hydrogen (secondary N) is 2. The third-order valence-corrected chi connectivity index (χ3v) is 2.63. The van der Waals surface area contributed by atoms with Crippen molar-refractivity contribution in [2.75, 3.05) is 13.1 Å². The van der Waals surface area contributed by atoms with E-state index in [0.717, 1.165) is 11.3 Å². The lowest BCUT2D eigenvalue weighted by Crippen LogP contribution is -2.28. The van der Waals surface area contributed by atoms with Gasteiger partial charge in [0.2, 0.25) is 5.91 Å². The zero-order chi connectivity index (χ0) is 11.1. The number of hydrogen-bond donors (Lipinski definition) is 2. The van der Waals surface area contributed by atoms with Crippen LogP contribution in [-0.2, 0) is 4.79 Å². The molecule has 0 aliphatic heterocycles. The van der Waals surface area contributed by atoms with Crippen LogP contribution in [0.25, 0.3) is 0 Å². The van der Waals surface area contributed by atoms with Crippen LogP contribution in [0.1, 0.15) is 23.0 Å². The Morgan fingerprint density at radius 3 is 2.67 bits per heavy atom. The molecular weight excluding hydrogens is 212 g/mol. The van der Waals surface area contributed by atoms with Crippen molar-refractivity contribution >= 4 is 23.2 Å². The fourth-order valence-corrected chi connectivity index (χ4v) is 1.69. The number of amides is 2. The summed E-state index contributed by atoms with van der Waals surface area (Å²) in [5.41, 5.74) is 0. The predicted molar refractivity (Wildman–Crippen MR) is 60.0 cm³/mol. The fraction of sp³-hybridized carbons (Fsp3) is 0.400. The number of hydrogen-bond acceptors (Lipinski definition) is 3. The lowest BCUT2D eigenvalue weighted by molar-refractivity contribution is -0.118. The Bertz CT molecular complexity index is 322. The summed E-state index contributed by atoms with van der Waals surface area (Å²) >= 11 is 1.42. The first-order chi connectivity index (χ1) is 7.20. The molecule has 0 atom stereocenters. The smallest absolute Gasteiger partial charge is 0.261 e. The first-order valence-corrected chi connectivity index (χ1v) is 5.64. The molecule has 1 aromatic heterocycles. The Kier molecular flexibility index (Phi) is 4.83. The van der Waals surface area contributed by atoms with Crippen LogP contribution in [0.4, 0.5) is 0 Å². The van der Waals surface area contributed by atoms with Gasteiger partial charge in [-0.1, -0.05) is 6.07 Å². The highest BCUT2D eigenvalue weighted by molar-refractivity contribution is 7.12. The van der Waals surface area contributed by atoms with Gasteiger partial charge in [-0.25, -0.2) is 0 Å². The predicted octanol–water partition coefficient (Wildman–Crippen LogP) is 1.00. The molecule has 0 saturated carbocycles. The molecule has 82 valence electrons. The standard InChI is InChI=1S/C10H14N2O2S/c1-8(13)11-5-3-6-12-10(14)9-4-2-7-15-9/h2,4,7H,3,5-6H2,1H3,(H,11,13)(H,12,14). The lowest BCUT2D eigenvalue weighted by atomic mass is 10.4. The molecule has 0 aliphatic rings. The zero-order valence-corrected chi connectivity index (χ0v) is 9.39. The van der Waals surface area contributed by atoms with Crippen molar-refractivity contribution in [1.82, 2.24) is 10.6 Å². The Labute approximate surface area is 92.7 Å². The number of carbonyl (C=O) groups is 2. The molecule has 4 nitrogen and oxygen atoms in total. The van der Waals surface area contributed by atoms with E-state index < -0.39 is 0 Å². The SMILES string of the molecule is CC(=O)NCCCNC(=O)c1cccs1. The van der Waals surface area contributed by atoms with Crippen molar-refractivity contribution in [2.45, 2.75) is 13.3 Å². The van der Waals surface area contributed by atoms with Crippen molar-refractivity contribution < 1.29 is 9.59 Å². The van der Waals surface area contributed by atoms with E-state index in [1.165, 1.54) is 18.3 Å². The van der Waals surface area contributed by atoms with Gasteiger partial charge in [0.1, 0.15) is 0 Å². The first kappa shape index (κ1) is 11.7. The summed E-state index contributed by atoms with van der Waals surface area (Å²) in [5, 5.41) is 7.31. The van der Waals surface area contributed by atoms with Crippen LogP contribution in [0.5, 0.6) is 0 Å². The van der Waals surface area contributed by atoms with Gasteiger partial charge in [0, 0.05) is 20.0 Å². The average molecular weight is 226 g/mol. The molecule has 0 aliphatic carbocycles. The largest absolute Gasteiger partial charge is 0.356 e. The summed E-state index contributed by atoms with van der Waals surface area (Å²) in [6.07, 6.45) is 0.747. The van der Waals surface area contributed by atoms with E-state index in [1.54, 1.807) is 6.07 Å². The first-order valence-electron chi connectivity index (χ1n) is 4.76. The van der Waals surface area contributed by atoms with Gasteiger partial charge < -0.3 is 10.6 Å². The molecule has 2 N–H and O–H groups in total. The Morgan fingerprint density at radius 1 is 1.33 bits per heavy atom. The summed E-state index contributed by atoms with van der Waals surface area (Å²) in [6.45, 7) is 2.65. The second kappa shape index (κ2) is 6.19. The third-order valence-electron chi connectivity index (χ3n) is 1.76. The van der Waals surface area contributed by atoms with Crippen LogP contribution in [0.3, 0.4) is 0 Å². The van der Waals surface area contributed by atoms with Crippen molar-refractivity contribution in [3.05, 3.63) is 22.4 Å². The normalized spacial score (nSPS) is 9.67. The highest BCUT2D eigenvalue weighted by Gasteiger charge is 2.04. The molecule has 15 heavy (non-hydrogen) atoms. The van der Waals surface area contributed by atoms with Gasteiger partial charge in [-0.05, 0) is 17.9 Å². The van der Waals surface area contributed by atoms with E-state index in [4.69, 9.17) is 0 Å². The minimum absolute atomic E-state index is 0.0421. The van der Waals surface area contributed by atoms with Crippen LogP contribution >= 0.6 is 11.3 Å². The molecule has 0 saturated heterocycles. The Morgan fingerprint density at radius 2 is 2.07 bits per heavy atom. The Balaban J connectivity index is 2.10. The highest BCUT2D eigenvalue weighted by Crippen LogP contribution is 2.07. The van der Waals surface area contributed by atoms with Gasteiger partial charge in [-0.2, -0.15) is 0 Å². The summed E-state index contributed by atoms with van der Waals surface area (Å²) in [7, 11) is 0. The van der Waals surface area contributed by atoms with Crippen molar-refractivity contribution in [3.8, 4) is 0 Å². The second-order valence-electron chi connectivity index (χ2n) is 3.07. The minimum atomic E-state index is -0.0483. The number of carbonyl (C=O) groups excluding carboxylic acids is 2. The molecule has 2 amide bonds. The third kappa shape index (κ3) is 4.60. The molecule has 0 radical (unpaired) electrons. The number of rotatable bonds is 5. The number of thiophene rings is 1. The van der Waals surface area contributed by atoms with E-state index in [2.05, 4.69) is 10.6 Å². The molecule has 0 aromatic carbocycles. The highest BCUT2D eigenvalue weighted by atomic mass is 32.1. The molecule has 1 aromatic rings. The van der Waals surface area contributed by atoms with E-state index in [9.17, 15) is 9.59 Å². The zero-order valence-electron chi connectivity index (χ0n) is 8.58. The van der Waals surface area contributed by atoms with Gasteiger partial charge in [0.15, 0.2) is 0 Å². The summed E-state index contributed by atoms with van der Waals surface area (Å²) in [4.78, 5) is 22.7. The molecule has 5 heteroatoms. The molecule has 0 unspecified atom stereocenters. The fourth-order valence-electron chi connectivity index (χ4n) is 1.05. The van der Waals surface area contributed by atoms with E-state index in [-0.39, 0.29) is 11.8 Å². The summed E-state index contributed by atoms with van der Waals surface area (Å²) in [5.74, 6) is -0.0904. The van der Waals surface area contributed by atoms with Crippen LogP contribution < -0.4 is 10.6 Å². The molecule has 0 bridgehead atoms. The van der Waals surface area contributed by atoms with Gasteiger partial charge >= 0.3 is 0 Å². The maximum absolute atomic E-state index is 11.4. The van der Waals surface area contributed by atoms with E-state index in [0.29, 0.717) is 13.1 Å². The maximum atomic E-state index is 11.4. The van der Waals surface area contributed by atoms with Gasteiger partial charge in [-0.3, -0.25) is 9.59 Å². The van der Waals surface area contributed by atoms with Gasteiger partial charge in [-0.15, -0.1) is 11.3 Å². The van der Waals surface area contributed by atoms with Gasteiger partial charge in [0.05, 0.1) is 4.88 Å². The average Bonchev–Trinajstić information content (AvgIpc) is 2.69. The van der Waals surface area contributed by atoms with Crippen molar-refractivity contribution in [3.63, 3.8) is 0 Å². The van der Waals surface area contributed by atoms with Crippen LogP contribution in [-0.4, -0.2) is 24.9 Å². The summed E-state index contributed by atoms with van der Waals surface area (Å²) < 4.78 is 0. The summed E-state index contributed by atoms with van der Waals surface area (Å²) in [6, 6.07) is 3.63. The second-order valence-corrected chi connectivity index (χ2v) is 4.02. The van der Waals surface area contributed by atoms with Crippen molar-refractivity contribution in [1.29, 1.82) is 0 Å². The van der Waals surface area contributed by atoms with Crippen LogP contribution in [0.2, 0.25) is 0 Å². The Hall–Kier alpha value is -1.36. The maximum Gasteiger partial charge on any atom is 0.261 e. The molecule has 1 heterocycles. The van der Waals surface area contributed by atoms with Crippen molar-refractivity contribution in [2.24, 2.45) is 0 Å². The topological polar surface area (TPSA) is 58.2 Å². The monoisotopic (exact) mass is 226 g/mol. The van der Waals surface area contributed by atoms with Gasteiger partial charge in [0.25, 0.3) is 5.91 Å². The molecule has 0 fully saturated rings. The van der Waals surface area contributed by atoms with Crippen LogP contribution in [0, 0.1) is 0 Å². The quantitative estimate of drug-likeness (QED) is 0.736. The van der Waals surface area contributed by atoms with E-state index in [1.807, 2.05) is 11.4 Å². The minimum Gasteiger partial charge on any atom is -0.356 e. The molecular formula is C10H14N2O2S. The molecule has 1 rings (SSSR count). The molecule has 0 spiro atoms. The van der Waals surface area contributed by atoms with Crippen LogP contribution in [0.15, 0.2) is 17.5 Å².